The van der Waals surface area contributed by atoms with Gasteiger partial charge in [-0.05, 0) is 44.9 Å². The molecule has 5 nitrogen and oxygen atoms in total. The number of carbonyl (C=O) groups excluding carboxylic acids is 1. The number of anilines is 1. The second kappa shape index (κ2) is 5.85. The Hall–Kier alpha value is -1.88. The van der Waals surface area contributed by atoms with Gasteiger partial charge in [0.05, 0.1) is 12.0 Å². The van der Waals surface area contributed by atoms with Crippen molar-refractivity contribution in [2.75, 3.05) is 25.0 Å². The average Bonchev–Trinajstić information content (AvgIpc) is 2.77. The van der Waals surface area contributed by atoms with Crippen molar-refractivity contribution in [2.24, 2.45) is 5.41 Å². The maximum Gasteiger partial charge on any atom is 0.310 e. The van der Waals surface area contributed by atoms with Crippen molar-refractivity contribution in [3.8, 4) is 0 Å². The van der Waals surface area contributed by atoms with Crippen LogP contribution in [0.5, 0.6) is 0 Å². The predicted molar refractivity (Wildman–Crippen MR) is 81.3 cm³/mol. The summed E-state index contributed by atoms with van der Waals surface area (Å²) in [6.45, 7) is 6.95. The van der Waals surface area contributed by atoms with Crippen LogP contribution in [0.15, 0.2) is 18.2 Å². The number of amides is 1. The number of likely N-dealkylation sites (tertiary alicyclic amines) is 1. The lowest BCUT2D eigenvalue weighted by molar-refractivity contribution is -0.147. The molecular formula is C16H22N2O3. The second-order valence-electron chi connectivity index (χ2n) is 6.14. The molecule has 21 heavy (non-hydrogen) atoms. The minimum Gasteiger partial charge on any atom is -0.481 e. The quantitative estimate of drug-likeness (QED) is 0.890. The number of aliphatic carboxylic acids is 1. The Labute approximate surface area is 125 Å². The molecule has 1 amide bonds. The molecule has 0 saturated carbocycles. The van der Waals surface area contributed by atoms with Gasteiger partial charge in [0.1, 0.15) is 0 Å². The minimum atomic E-state index is -0.792. The summed E-state index contributed by atoms with van der Waals surface area (Å²) in [4.78, 5) is 25.3. The number of para-hydroxylation sites is 1. The molecule has 0 bridgehead atoms. The summed E-state index contributed by atoms with van der Waals surface area (Å²) >= 11 is 0. The summed E-state index contributed by atoms with van der Waals surface area (Å²) < 4.78 is 0. The van der Waals surface area contributed by atoms with Crippen LogP contribution in [0.2, 0.25) is 0 Å². The SMILES string of the molecule is Cc1cccc(C)c1NC(=O)CN1CCC(C)(C(=O)O)C1. The Bertz CT molecular complexity index is 550. The molecule has 0 spiro atoms. The van der Waals surface area contributed by atoms with E-state index in [0.29, 0.717) is 19.5 Å². The number of hydrogen-bond donors (Lipinski definition) is 2. The molecule has 1 saturated heterocycles. The summed E-state index contributed by atoms with van der Waals surface area (Å²) in [5, 5.41) is 12.1. The topological polar surface area (TPSA) is 69.6 Å². The molecule has 1 heterocycles. The van der Waals surface area contributed by atoms with Crippen molar-refractivity contribution in [3.05, 3.63) is 29.3 Å². The number of benzene rings is 1. The fourth-order valence-electron chi connectivity index (χ4n) is 2.76. The highest BCUT2D eigenvalue weighted by atomic mass is 16.4. The minimum absolute atomic E-state index is 0.0953. The summed E-state index contributed by atoms with van der Waals surface area (Å²) in [5.74, 6) is -0.887. The van der Waals surface area contributed by atoms with E-state index in [2.05, 4.69) is 5.32 Å². The van der Waals surface area contributed by atoms with Crippen molar-refractivity contribution >= 4 is 17.6 Å². The molecule has 0 radical (unpaired) electrons. The van der Waals surface area contributed by atoms with E-state index in [1.807, 2.05) is 36.9 Å². The third-order valence-corrected chi connectivity index (χ3v) is 4.18. The number of rotatable bonds is 4. The van der Waals surface area contributed by atoms with Crippen molar-refractivity contribution in [2.45, 2.75) is 27.2 Å². The van der Waals surface area contributed by atoms with Crippen LogP contribution in [0.1, 0.15) is 24.5 Å². The largest absolute Gasteiger partial charge is 0.481 e. The van der Waals surface area contributed by atoms with Gasteiger partial charge in [0.2, 0.25) is 5.91 Å². The zero-order valence-electron chi connectivity index (χ0n) is 12.8. The molecule has 0 aromatic heterocycles. The number of nitrogens with zero attached hydrogens (tertiary/aromatic N) is 1. The van der Waals surface area contributed by atoms with E-state index in [1.165, 1.54) is 0 Å². The molecule has 1 aliphatic heterocycles. The predicted octanol–water partition coefficient (Wildman–Crippen LogP) is 2.04. The Morgan fingerprint density at radius 3 is 2.48 bits per heavy atom. The third kappa shape index (κ3) is 3.42. The van der Waals surface area contributed by atoms with E-state index in [1.54, 1.807) is 6.92 Å². The Morgan fingerprint density at radius 2 is 1.95 bits per heavy atom. The normalized spacial score (nSPS) is 22.2. The lowest BCUT2D eigenvalue weighted by atomic mass is 9.90. The van der Waals surface area contributed by atoms with Gasteiger partial charge in [0.15, 0.2) is 0 Å². The summed E-state index contributed by atoms with van der Waals surface area (Å²) in [7, 11) is 0. The van der Waals surface area contributed by atoms with E-state index >= 15 is 0 Å². The van der Waals surface area contributed by atoms with Gasteiger partial charge in [-0.1, -0.05) is 18.2 Å². The van der Waals surface area contributed by atoms with Crippen LogP contribution in [0.4, 0.5) is 5.69 Å². The van der Waals surface area contributed by atoms with Crippen LogP contribution in [0.25, 0.3) is 0 Å². The highest BCUT2D eigenvalue weighted by Gasteiger charge is 2.40. The molecule has 1 aromatic carbocycles. The van der Waals surface area contributed by atoms with E-state index in [9.17, 15) is 14.7 Å². The monoisotopic (exact) mass is 290 g/mol. The first-order valence-electron chi connectivity index (χ1n) is 7.14. The first-order chi connectivity index (χ1) is 9.82. The molecule has 2 N–H and O–H groups in total. The first-order valence-corrected chi connectivity index (χ1v) is 7.14. The Morgan fingerprint density at radius 1 is 1.33 bits per heavy atom. The highest BCUT2D eigenvalue weighted by Crippen LogP contribution is 2.30. The summed E-state index contributed by atoms with van der Waals surface area (Å²) in [5.41, 5.74) is 2.17. The second-order valence-corrected chi connectivity index (χ2v) is 6.14. The van der Waals surface area contributed by atoms with Gasteiger partial charge in [0, 0.05) is 12.2 Å². The average molecular weight is 290 g/mol. The lowest BCUT2D eigenvalue weighted by Crippen LogP contribution is -2.36. The van der Waals surface area contributed by atoms with E-state index in [0.717, 1.165) is 16.8 Å². The van der Waals surface area contributed by atoms with Crippen LogP contribution in [-0.4, -0.2) is 41.5 Å². The van der Waals surface area contributed by atoms with Gasteiger partial charge in [-0.2, -0.15) is 0 Å². The Kier molecular flexibility index (Phi) is 4.32. The molecule has 1 atom stereocenters. The van der Waals surface area contributed by atoms with Gasteiger partial charge in [-0.3, -0.25) is 14.5 Å². The fraction of sp³-hybridized carbons (Fsp3) is 0.500. The van der Waals surface area contributed by atoms with Crippen LogP contribution in [-0.2, 0) is 9.59 Å². The van der Waals surface area contributed by atoms with Crippen molar-refractivity contribution in [1.29, 1.82) is 0 Å². The molecular weight excluding hydrogens is 268 g/mol. The summed E-state index contributed by atoms with van der Waals surface area (Å²) in [6, 6.07) is 5.87. The van der Waals surface area contributed by atoms with E-state index < -0.39 is 11.4 Å². The number of carboxylic acid groups (broad SMARTS) is 1. The number of nitrogens with one attached hydrogen (secondary N) is 1. The maximum atomic E-state index is 12.2. The molecule has 1 unspecified atom stereocenters. The molecule has 0 aliphatic carbocycles. The molecule has 5 heteroatoms. The number of carboxylic acids is 1. The van der Waals surface area contributed by atoms with Crippen molar-refractivity contribution in [1.82, 2.24) is 4.90 Å². The van der Waals surface area contributed by atoms with E-state index in [-0.39, 0.29) is 12.5 Å². The fourth-order valence-corrected chi connectivity index (χ4v) is 2.76. The van der Waals surface area contributed by atoms with Crippen LogP contribution >= 0.6 is 0 Å². The zero-order valence-corrected chi connectivity index (χ0v) is 12.8. The van der Waals surface area contributed by atoms with Gasteiger partial charge in [0.25, 0.3) is 0 Å². The number of hydrogen-bond acceptors (Lipinski definition) is 3. The van der Waals surface area contributed by atoms with Crippen molar-refractivity contribution in [3.63, 3.8) is 0 Å². The van der Waals surface area contributed by atoms with Crippen molar-refractivity contribution < 1.29 is 14.7 Å². The number of aryl methyl sites for hydroxylation is 2. The van der Waals surface area contributed by atoms with Crippen LogP contribution < -0.4 is 5.32 Å². The molecule has 2 rings (SSSR count). The Balaban J connectivity index is 1.96. The highest BCUT2D eigenvalue weighted by molar-refractivity contribution is 5.93. The maximum absolute atomic E-state index is 12.2. The third-order valence-electron chi connectivity index (χ3n) is 4.18. The van der Waals surface area contributed by atoms with E-state index in [4.69, 9.17) is 0 Å². The first kappa shape index (κ1) is 15.5. The molecule has 1 aliphatic rings. The van der Waals surface area contributed by atoms with Crippen LogP contribution in [0.3, 0.4) is 0 Å². The standard InChI is InChI=1S/C16H22N2O3/c1-11-5-4-6-12(2)14(11)17-13(19)9-18-8-7-16(3,10-18)15(20)21/h4-6H,7-10H2,1-3H3,(H,17,19)(H,20,21). The van der Waals surface area contributed by atoms with Gasteiger partial charge in [-0.15, -0.1) is 0 Å². The van der Waals surface area contributed by atoms with Gasteiger partial charge in [-0.25, -0.2) is 0 Å². The van der Waals surface area contributed by atoms with Crippen LogP contribution in [0, 0.1) is 19.3 Å². The molecule has 114 valence electrons. The summed E-state index contributed by atoms with van der Waals surface area (Å²) in [6.07, 6.45) is 0.582. The zero-order chi connectivity index (χ0) is 15.6. The van der Waals surface area contributed by atoms with Gasteiger partial charge < -0.3 is 10.4 Å². The number of carbonyl (C=O) groups is 2. The molecule has 1 fully saturated rings. The molecule has 1 aromatic rings. The van der Waals surface area contributed by atoms with Gasteiger partial charge >= 0.3 is 5.97 Å². The smallest absolute Gasteiger partial charge is 0.310 e. The lowest BCUT2D eigenvalue weighted by Gasteiger charge is -2.20.